The fourth-order valence-corrected chi connectivity index (χ4v) is 4.33. The Bertz CT molecular complexity index is 997. The summed E-state index contributed by atoms with van der Waals surface area (Å²) in [6.07, 6.45) is -1.56. The fourth-order valence-electron chi connectivity index (χ4n) is 3.02. The molecule has 0 saturated carbocycles. The second-order valence-corrected chi connectivity index (χ2v) is 8.97. The minimum absolute atomic E-state index is 0.0606. The smallest absolute Gasteiger partial charge is 0.365 e. The number of alkyl halides is 3. The number of nitrogens with one attached hydrogen (secondary N) is 3. The zero-order chi connectivity index (χ0) is 22.9. The van der Waals surface area contributed by atoms with Crippen molar-refractivity contribution in [3.63, 3.8) is 0 Å². The number of rotatable bonds is 5. The molecule has 2 amide bonds. The fraction of sp³-hybridized carbons (Fsp3) is 0.421. The number of hydrogen-bond donors (Lipinski definition) is 3. The van der Waals surface area contributed by atoms with Crippen molar-refractivity contribution < 1.29 is 22.8 Å². The van der Waals surface area contributed by atoms with E-state index in [0.717, 1.165) is 4.68 Å². The van der Waals surface area contributed by atoms with Crippen molar-refractivity contribution in [3.05, 3.63) is 45.9 Å². The Morgan fingerprint density at radius 3 is 2.68 bits per heavy atom. The van der Waals surface area contributed by atoms with Crippen LogP contribution in [0.25, 0.3) is 5.82 Å². The molecule has 7 nitrogen and oxygen atoms in total. The van der Waals surface area contributed by atoms with E-state index in [0.29, 0.717) is 29.6 Å². The molecular formula is C19H21ClF3N5O2S. The van der Waals surface area contributed by atoms with Crippen molar-refractivity contribution in [1.82, 2.24) is 25.7 Å². The standard InChI is InChI=1S/C19H21ClF3N5O2S/c1-9(2)25-17(29)11-8-31-10(3)15(11)26-18(30)13-7-14(19(21,22)23)27-28(13)16-12(20)5-4-6-24-16/h4-5,7,9-10,24H,6,8H2,1-3H3,(H,25,29)(H,26,30). The molecule has 0 radical (unpaired) electrons. The van der Waals surface area contributed by atoms with E-state index in [4.69, 9.17) is 11.6 Å². The van der Waals surface area contributed by atoms with E-state index < -0.39 is 17.8 Å². The molecule has 0 aromatic carbocycles. The van der Waals surface area contributed by atoms with Crippen LogP contribution in [0.4, 0.5) is 13.2 Å². The van der Waals surface area contributed by atoms with Gasteiger partial charge in [-0.25, -0.2) is 4.68 Å². The van der Waals surface area contributed by atoms with Crippen molar-refractivity contribution in [2.24, 2.45) is 0 Å². The number of carbonyl (C=O) groups is 2. The molecule has 31 heavy (non-hydrogen) atoms. The van der Waals surface area contributed by atoms with E-state index in [1.54, 1.807) is 13.0 Å². The quantitative estimate of drug-likeness (QED) is 0.609. The van der Waals surface area contributed by atoms with Crippen molar-refractivity contribution in [2.45, 2.75) is 38.2 Å². The molecule has 0 bridgehead atoms. The molecule has 1 aromatic rings. The van der Waals surface area contributed by atoms with Crippen molar-refractivity contribution in [2.75, 3.05) is 12.3 Å². The second-order valence-electron chi connectivity index (χ2n) is 7.23. The predicted octanol–water partition coefficient (Wildman–Crippen LogP) is 3.07. The normalized spacial score (nSPS) is 19.2. The van der Waals surface area contributed by atoms with Gasteiger partial charge in [0.25, 0.3) is 5.91 Å². The lowest BCUT2D eigenvalue weighted by Crippen LogP contribution is -2.35. The third-order valence-corrected chi connectivity index (χ3v) is 5.97. The molecule has 1 aromatic heterocycles. The van der Waals surface area contributed by atoms with Crippen LogP contribution in [0, 0.1) is 0 Å². The van der Waals surface area contributed by atoms with Gasteiger partial charge in [0.15, 0.2) is 5.69 Å². The molecule has 3 heterocycles. The van der Waals surface area contributed by atoms with Gasteiger partial charge in [-0.1, -0.05) is 17.7 Å². The van der Waals surface area contributed by atoms with Gasteiger partial charge < -0.3 is 16.0 Å². The highest BCUT2D eigenvalue weighted by Crippen LogP contribution is 2.33. The summed E-state index contributed by atoms with van der Waals surface area (Å²) in [7, 11) is 0. The van der Waals surface area contributed by atoms with Gasteiger partial charge in [-0.15, -0.1) is 11.8 Å². The van der Waals surface area contributed by atoms with Crippen molar-refractivity contribution in [3.8, 4) is 0 Å². The largest absolute Gasteiger partial charge is 0.435 e. The van der Waals surface area contributed by atoms with Crippen LogP contribution < -0.4 is 16.0 Å². The minimum atomic E-state index is -4.75. The summed E-state index contributed by atoms with van der Waals surface area (Å²) < 4.78 is 40.8. The van der Waals surface area contributed by atoms with Gasteiger partial charge in [-0.05, 0) is 26.8 Å². The number of aromatic nitrogens is 2. The Hall–Kier alpha value is -2.40. The number of amides is 2. The lowest BCUT2D eigenvalue weighted by Gasteiger charge is -2.18. The average molecular weight is 476 g/mol. The molecule has 12 heteroatoms. The lowest BCUT2D eigenvalue weighted by molar-refractivity contribution is -0.141. The molecule has 168 valence electrons. The Kier molecular flexibility index (Phi) is 6.75. The summed E-state index contributed by atoms with van der Waals surface area (Å²) in [6, 6.07) is 0.557. The maximum Gasteiger partial charge on any atom is 0.435 e. The molecule has 1 unspecified atom stereocenters. The van der Waals surface area contributed by atoms with Crippen LogP contribution >= 0.6 is 23.4 Å². The molecule has 0 saturated heterocycles. The monoisotopic (exact) mass is 475 g/mol. The number of nitrogens with zero attached hydrogens (tertiary/aromatic N) is 2. The van der Waals surface area contributed by atoms with Crippen LogP contribution in [0.2, 0.25) is 0 Å². The Labute approximate surface area is 186 Å². The highest BCUT2D eigenvalue weighted by molar-refractivity contribution is 8.00. The summed E-state index contributed by atoms with van der Waals surface area (Å²) in [5.74, 6) is -0.705. The summed E-state index contributed by atoms with van der Waals surface area (Å²) >= 11 is 7.56. The van der Waals surface area contributed by atoms with Gasteiger partial charge in [-0.2, -0.15) is 18.3 Å². The number of hydrogen-bond acceptors (Lipinski definition) is 5. The van der Waals surface area contributed by atoms with E-state index in [1.807, 2.05) is 13.8 Å². The van der Waals surface area contributed by atoms with E-state index >= 15 is 0 Å². The second kappa shape index (κ2) is 8.99. The van der Waals surface area contributed by atoms with Crippen LogP contribution in [0.5, 0.6) is 0 Å². The maximum atomic E-state index is 13.3. The van der Waals surface area contributed by atoms with Gasteiger partial charge in [0.2, 0.25) is 5.91 Å². The molecule has 1 atom stereocenters. The molecule has 0 aliphatic carbocycles. The lowest BCUT2D eigenvalue weighted by atomic mass is 10.1. The first-order chi connectivity index (χ1) is 14.5. The molecule has 3 N–H and O–H groups in total. The Morgan fingerprint density at radius 1 is 1.35 bits per heavy atom. The van der Waals surface area contributed by atoms with Gasteiger partial charge >= 0.3 is 6.18 Å². The zero-order valence-corrected chi connectivity index (χ0v) is 18.5. The first-order valence-corrected chi connectivity index (χ1v) is 10.9. The third kappa shape index (κ3) is 5.09. The number of dihydropyridines is 1. The van der Waals surface area contributed by atoms with Crippen LogP contribution in [0.1, 0.15) is 37.0 Å². The van der Waals surface area contributed by atoms with Gasteiger partial charge in [0, 0.05) is 40.9 Å². The Balaban J connectivity index is 2.00. The van der Waals surface area contributed by atoms with E-state index in [-0.39, 0.29) is 33.7 Å². The maximum absolute atomic E-state index is 13.3. The first-order valence-electron chi connectivity index (χ1n) is 9.43. The van der Waals surface area contributed by atoms with Gasteiger partial charge in [0.05, 0.1) is 5.03 Å². The van der Waals surface area contributed by atoms with Crippen LogP contribution in [-0.4, -0.2) is 45.2 Å². The third-order valence-electron chi connectivity index (χ3n) is 4.47. The van der Waals surface area contributed by atoms with Gasteiger partial charge in [-0.3, -0.25) is 9.59 Å². The number of allylic oxidation sites excluding steroid dienone is 2. The van der Waals surface area contributed by atoms with Crippen LogP contribution in [0.3, 0.4) is 0 Å². The molecular weight excluding hydrogens is 455 g/mol. The van der Waals surface area contributed by atoms with Gasteiger partial charge in [0.1, 0.15) is 11.5 Å². The zero-order valence-electron chi connectivity index (χ0n) is 16.9. The van der Waals surface area contributed by atoms with Crippen molar-refractivity contribution in [1.29, 1.82) is 0 Å². The minimum Gasteiger partial charge on any atom is -0.365 e. The average Bonchev–Trinajstić information content (AvgIpc) is 3.26. The predicted molar refractivity (Wildman–Crippen MR) is 113 cm³/mol. The molecule has 0 spiro atoms. The summed E-state index contributed by atoms with van der Waals surface area (Å²) in [6.45, 7) is 5.73. The SMILES string of the molecule is CC(C)NC(=O)C1=C(NC(=O)c2cc(C(F)(F)F)nn2C2=C(Cl)C=CCN2)C(C)SC1. The molecule has 3 rings (SSSR count). The number of thioether (sulfide) groups is 1. The summed E-state index contributed by atoms with van der Waals surface area (Å²) in [4.78, 5) is 25.5. The van der Waals surface area contributed by atoms with Crippen LogP contribution in [0.15, 0.2) is 34.5 Å². The molecule has 0 fully saturated rings. The highest BCUT2D eigenvalue weighted by Gasteiger charge is 2.37. The summed E-state index contributed by atoms with van der Waals surface area (Å²) in [5.41, 5.74) is -0.835. The first kappa shape index (κ1) is 23.3. The topological polar surface area (TPSA) is 88.1 Å². The van der Waals surface area contributed by atoms with E-state index in [2.05, 4.69) is 21.0 Å². The highest BCUT2D eigenvalue weighted by atomic mass is 35.5. The van der Waals surface area contributed by atoms with E-state index in [1.165, 1.54) is 17.8 Å². The number of halogens is 4. The van der Waals surface area contributed by atoms with E-state index in [9.17, 15) is 22.8 Å². The summed E-state index contributed by atoms with van der Waals surface area (Å²) in [5, 5.41) is 11.7. The van der Waals surface area contributed by atoms with Crippen molar-refractivity contribution >= 4 is 41.0 Å². The Morgan fingerprint density at radius 2 is 2.06 bits per heavy atom. The van der Waals surface area contributed by atoms with Crippen LogP contribution in [-0.2, 0) is 11.0 Å². The number of carbonyl (C=O) groups excluding carboxylic acids is 2. The molecule has 2 aliphatic heterocycles. The molecule has 2 aliphatic rings.